The molecule has 74 valence electrons. The second-order valence-electron chi connectivity index (χ2n) is 4.24. The van der Waals surface area contributed by atoms with Crippen molar-refractivity contribution in [2.75, 3.05) is 0 Å². The van der Waals surface area contributed by atoms with Crippen LogP contribution in [0.15, 0.2) is 5.16 Å². The van der Waals surface area contributed by atoms with E-state index < -0.39 is 5.97 Å². The Labute approximate surface area is 77.3 Å². The molecule has 4 heteroatoms. The number of nitrogens with zero attached hydrogens (tertiary/aromatic N) is 1. The van der Waals surface area contributed by atoms with Crippen LogP contribution in [-0.4, -0.2) is 22.0 Å². The Kier molecular flexibility index (Phi) is 2.32. The van der Waals surface area contributed by atoms with E-state index in [0.29, 0.717) is 12.1 Å². The fourth-order valence-electron chi connectivity index (χ4n) is 2.12. The molecule has 0 aromatic carbocycles. The van der Waals surface area contributed by atoms with Crippen molar-refractivity contribution in [3.63, 3.8) is 0 Å². The Balaban J connectivity index is 2.75. The Morgan fingerprint density at radius 2 is 2.00 bits per heavy atom. The second-order valence-corrected chi connectivity index (χ2v) is 4.24. The number of oxime groups is 1. The molecule has 0 radical (unpaired) electrons. The average Bonchev–Trinajstić information content (AvgIpc) is 2.01. The molecule has 1 fully saturated rings. The molecular weight excluding hydrogens is 170 g/mol. The highest BCUT2D eigenvalue weighted by Gasteiger charge is 2.53. The van der Waals surface area contributed by atoms with Gasteiger partial charge in [-0.2, -0.15) is 0 Å². The summed E-state index contributed by atoms with van der Waals surface area (Å²) in [4.78, 5) is 10.8. The first kappa shape index (κ1) is 10.0. The number of carboxylic acid groups (broad SMARTS) is 1. The number of hydrogen-bond acceptors (Lipinski definition) is 3. The van der Waals surface area contributed by atoms with Gasteiger partial charge in [-0.05, 0) is 18.8 Å². The van der Waals surface area contributed by atoms with E-state index >= 15 is 0 Å². The van der Waals surface area contributed by atoms with Gasteiger partial charge in [0.1, 0.15) is 0 Å². The summed E-state index contributed by atoms with van der Waals surface area (Å²) in [6.07, 6.45) is 0.582. The smallest absolute Gasteiger partial charge is 0.307 e. The van der Waals surface area contributed by atoms with Crippen molar-refractivity contribution in [2.24, 2.45) is 22.4 Å². The molecule has 2 atom stereocenters. The van der Waals surface area contributed by atoms with Gasteiger partial charge in [-0.1, -0.05) is 19.0 Å². The molecule has 0 unspecified atom stereocenters. The molecule has 1 aliphatic carbocycles. The highest BCUT2D eigenvalue weighted by atomic mass is 16.4. The van der Waals surface area contributed by atoms with Crippen LogP contribution in [0.2, 0.25) is 0 Å². The van der Waals surface area contributed by atoms with E-state index in [1.54, 1.807) is 6.92 Å². The van der Waals surface area contributed by atoms with Crippen molar-refractivity contribution in [3.8, 4) is 0 Å². The molecule has 0 heterocycles. The van der Waals surface area contributed by atoms with Crippen molar-refractivity contribution in [3.05, 3.63) is 0 Å². The summed E-state index contributed by atoms with van der Waals surface area (Å²) >= 11 is 0. The molecule has 0 bridgehead atoms. The SMILES string of the molecule is C/C(=N/O)[C@@H]1C[C@@H](C(=O)O)C1(C)C. The van der Waals surface area contributed by atoms with Gasteiger partial charge in [0.05, 0.1) is 11.6 Å². The number of carboxylic acids is 1. The van der Waals surface area contributed by atoms with Gasteiger partial charge in [0.15, 0.2) is 0 Å². The van der Waals surface area contributed by atoms with Gasteiger partial charge < -0.3 is 10.3 Å². The molecule has 4 nitrogen and oxygen atoms in total. The fourth-order valence-corrected chi connectivity index (χ4v) is 2.12. The maximum Gasteiger partial charge on any atom is 0.307 e. The quantitative estimate of drug-likeness (QED) is 0.390. The first-order valence-corrected chi connectivity index (χ1v) is 4.32. The molecule has 0 aromatic rings. The van der Waals surface area contributed by atoms with Gasteiger partial charge in [-0.25, -0.2) is 0 Å². The Bertz CT molecular complexity index is 258. The monoisotopic (exact) mass is 185 g/mol. The standard InChI is InChI=1S/C9H15NO3/c1-5(10-13)6-4-7(8(11)12)9(6,2)3/h6-7,13H,4H2,1-3H3,(H,11,12)/b10-5-/t6-,7-/m0/s1. The largest absolute Gasteiger partial charge is 0.481 e. The van der Waals surface area contributed by atoms with Gasteiger partial charge in [-0.15, -0.1) is 0 Å². The third-order valence-electron chi connectivity index (χ3n) is 3.23. The predicted octanol–water partition coefficient (Wildman–Crippen LogP) is 1.58. The second kappa shape index (κ2) is 3.01. The average molecular weight is 185 g/mol. The van der Waals surface area contributed by atoms with E-state index in [1.165, 1.54) is 0 Å². The van der Waals surface area contributed by atoms with Gasteiger partial charge in [0.2, 0.25) is 0 Å². The van der Waals surface area contributed by atoms with Crippen molar-refractivity contribution in [1.82, 2.24) is 0 Å². The Morgan fingerprint density at radius 1 is 1.46 bits per heavy atom. The molecule has 0 amide bonds. The molecule has 0 spiro atoms. The number of hydrogen-bond donors (Lipinski definition) is 2. The topological polar surface area (TPSA) is 69.9 Å². The van der Waals surface area contributed by atoms with Crippen molar-refractivity contribution < 1.29 is 15.1 Å². The summed E-state index contributed by atoms with van der Waals surface area (Å²) in [6, 6.07) is 0. The molecule has 1 rings (SSSR count). The van der Waals surface area contributed by atoms with Gasteiger partial charge in [-0.3, -0.25) is 4.79 Å². The zero-order valence-corrected chi connectivity index (χ0v) is 8.11. The molecule has 2 N–H and O–H groups in total. The molecule has 0 aliphatic heterocycles. The maximum atomic E-state index is 10.8. The van der Waals surface area contributed by atoms with Gasteiger partial charge in [0.25, 0.3) is 0 Å². The van der Waals surface area contributed by atoms with Crippen LogP contribution in [0.5, 0.6) is 0 Å². The Morgan fingerprint density at radius 3 is 2.31 bits per heavy atom. The van der Waals surface area contributed by atoms with E-state index in [2.05, 4.69) is 5.16 Å². The summed E-state index contributed by atoms with van der Waals surface area (Å²) in [5.41, 5.74) is 0.338. The van der Waals surface area contributed by atoms with E-state index in [-0.39, 0.29) is 17.3 Å². The first-order valence-electron chi connectivity index (χ1n) is 4.32. The lowest BCUT2D eigenvalue weighted by molar-refractivity contribution is -0.155. The normalized spacial score (nSPS) is 32.4. The minimum Gasteiger partial charge on any atom is -0.481 e. The van der Waals surface area contributed by atoms with Crippen molar-refractivity contribution >= 4 is 11.7 Å². The summed E-state index contributed by atoms with van der Waals surface area (Å²) in [7, 11) is 0. The molecule has 1 aliphatic rings. The van der Waals surface area contributed by atoms with E-state index in [1.807, 2.05) is 13.8 Å². The van der Waals surface area contributed by atoms with E-state index in [4.69, 9.17) is 10.3 Å². The first-order chi connectivity index (χ1) is 5.91. The van der Waals surface area contributed by atoms with Gasteiger partial charge >= 0.3 is 5.97 Å². The van der Waals surface area contributed by atoms with Crippen LogP contribution >= 0.6 is 0 Å². The Hall–Kier alpha value is -1.06. The maximum absolute atomic E-state index is 10.8. The van der Waals surface area contributed by atoms with Crippen LogP contribution in [0.25, 0.3) is 0 Å². The molecular formula is C9H15NO3. The lowest BCUT2D eigenvalue weighted by Crippen LogP contribution is -2.51. The predicted molar refractivity (Wildman–Crippen MR) is 47.9 cm³/mol. The highest BCUT2D eigenvalue weighted by molar-refractivity contribution is 5.88. The molecule has 1 saturated carbocycles. The fraction of sp³-hybridized carbons (Fsp3) is 0.778. The van der Waals surface area contributed by atoms with Crippen LogP contribution in [0.1, 0.15) is 27.2 Å². The van der Waals surface area contributed by atoms with Crippen LogP contribution < -0.4 is 0 Å². The lowest BCUT2D eigenvalue weighted by atomic mass is 9.53. The summed E-state index contributed by atoms with van der Waals surface area (Å²) in [5, 5.41) is 20.5. The van der Waals surface area contributed by atoms with Gasteiger partial charge in [0, 0.05) is 5.92 Å². The van der Waals surface area contributed by atoms with Crippen molar-refractivity contribution in [2.45, 2.75) is 27.2 Å². The molecule has 0 saturated heterocycles. The number of aliphatic carboxylic acids is 1. The summed E-state index contributed by atoms with van der Waals surface area (Å²) in [5.74, 6) is -0.972. The zero-order chi connectivity index (χ0) is 10.2. The minimum atomic E-state index is -0.757. The van der Waals surface area contributed by atoms with Crippen molar-refractivity contribution in [1.29, 1.82) is 0 Å². The van der Waals surface area contributed by atoms with E-state index in [0.717, 1.165) is 0 Å². The third-order valence-corrected chi connectivity index (χ3v) is 3.23. The highest BCUT2D eigenvalue weighted by Crippen LogP contribution is 2.51. The van der Waals surface area contributed by atoms with E-state index in [9.17, 15) is 4.79 Å². The van der Waals surface area contributed by atoms with Crippen LogP contribution in [0.3, 0.4) is 0 Å². The lowest BCUT2D eigenvalue weighted by Gasteiger charge is -2.49. The summed E-state index contributed by atoms with van der Waals surface area (Å²) in [6.45, 7) is 5.52. The zero-order valence-electron chi connectivity index (χ0n) is 8.11. The minimum absolute atomic E-state index is 0.0959. The van der Waals surface area contributed by atoms with Crippen LogP contribution in [0.4, 0.5) is 0 Å². The summed E-state index contributed by atoms with van der Waals surface area (Å²) < 4.78 is 0. The molecule has 13 heavy (non-hydrogen) atoms. The van der Waals surface area contributed by atoms with Crippen LogP contribution in [0, 0.1) is 17.3 Å². The number of carbonyl (C=O) groups is 1. The number of rotatable bonds is 2. The molecule has 0 aromatic heterocycles. The van der Waals surface area contributed by atoms with Crippen LogP contribution in [-0.2, 0) is 4.79 Å². The third kappa shape index (κ3) is 1.41.